The summed E-state index contributed by atoms with van der Waals surface area (Å²) in [6, 6.07) is 9.45. The predicted octanol–water partition coefficient (Wildman–Crippen LogP) is 1.86. The number of hydrogen-bond donors (Lipinski definition) is 0. The maximum Gasteiger partial charge on any atom is 0.227 e. The Kier molecular flexibility index (Phi) is 5.92. The molecule has 2 aliphatic rings. The summed E-state index contributed by atoms with van der Waals surface area (Å²) in [5.74, 6) is 1.78. The van der Waals surface area contributed by atoms with Crippen LogP contribution in [0.15, 0.2) is 36.5 Å². The van der Waals surface area contributed by atoms with Crippen LogP contribution >= 0.6 is 11.6 Å². The molecule has 0 unspecified atom stereocenters. The standard InChI is InChI=1S/C20H24ClN5O2/c21-17-4-2-1-3-16(17)15-19(27)25-9-7-24(8-10-25)18-5-6-22-20(23-18)26-11-13-28-14-12-26/h1-6H,7-15H2. The van der Waals surface area contributed by atoms with Gasteiger partial charge in [0, 0.05) is 50.5 Å². The van der Waals surface area contributed by atoms with Crippen LogP contribution in [0.2, 0.25) is 5.02 Å². The second-order valence-electron chi connectivity index (χ2n) is 6.95. The van der Waals surface area contributed by atoms with E-state index in [0.717, 1.165) is 43.5 Å². The van der Waals surface area contributed by atoms with E-state index >= 15 is 0 Å². The van der Waals surface area contributed by atoms with Crippen LogP contribution in [0.5, 0.6) is 0 Å². The van der Waals surface area contributed by atoms with Gasteiger partial charge < -0.3 is 19.4 Å². The number of hydrogen-bond acceptors (Lipinski definition) is 6. The first-order valence-corrected chi connectivity index (χ1v) is 10.0. The zero-order valence-electron chi connectivity index (χ0n) is 15.8. The van der Waals surface area contributed by atoms with Gasteiger partial charge in [0.2, 0.25) is 11.9 Å². The van der Waals surface area contributed by atoms with E-state index in [-0.39, 0.29) is 5.91 Å². The molecule has 0 aliphatic carbocycles. The molecule has 2 aromatic rings. The second-order valence-corrected chi connectivity index (χ2v) is 7.36. The van der Waals surface area contributed by atoms with Crippen molar-refractivity contribution >= 4 is 29.3 Å². The Labute approximate surface area is 169 Å². The number of morpholine rings is 1. The van der Waals surface area contributed by atoms with Gasteiger partial charge in [-0.05, 0) is 17.7 Å². The monoisotopic (exact) mass is 401 g/mol. The Morgan fingerprint density at radius 2 is 1.75 bits per heavy atom. The summed E-state index contributed by atoms with van der Waals surface area (Å²) in [5.41, 5.74) is 0.877. The SMILES string of the molecule is O=C(Cc1ccccc1Cl)N1CCN(c2ccnc(N3CCOCC3)n2)CC1. The molecule has 148 valence electrons. The number of benzene rings is 1. The third-order valence-corrected chi connectivity index (χ3v) is 5.55. The van der Waals surface area contributed by atoms with E-state index in [1.54, 1.807) is 0 Å². The third-order valence-electron chi connectivity index (χ3n) is 5.18. The topological polar surface area (TPSA) is 61.8 Å². The molecule has 0 N–H and O–H groups in total. The number of anilines is 2. The Hall–Kier alpha value is -2.38. The second kappa shape index (κ2) is 8.75. The molecule has 0 radical (unpaired) electrons. The van der Waals surface area contributed by atoms with Gasteiger partial charge >= 0.3 is 0 Å². The van der Waals surface area contributed by atoms with Crippen molar-refractivity contribution in [1.82, 2.24) is 14.9 Å². The average Bonchev–Trinajstić information content (AvgIpc) is 2.76. The molecule has 1 aromatic carbocycles. The molecule has 0 atom stereocenters. The van der Waals surface area contributed by atoms with E-state index in [9.17, 15) is 4.79 Å². The molecule has 1 amide bonds. The van der Waals surface area contributed by atoms with Crippen molar-refractivity contribution in [1.29, 1.82) is 0 Å². The number of ether oxygens (including phenoxy) is 1. The van der Waals surface area contributed by atoms with Crippen molar-refractivity contribution in [2.75, 3.05) is 62.3 Å². The highest BCUT2D eigenvalue weighted by Crippen LogP contribution is 2.19. The number of amides is 1. The van der Waals surface area contributed by atoms with E-state index in [1.807, 2.05) is 41.4 Å². The summed E-state index contributed by atoms with van der Waals surface area (Å²) in [5, 5.41) is 0.645. The highest BCUT2D eigenvalue weighted by molar-refractivity contribution is 6.31. The minimum Gasteiger partial charge on any atom is -0.378 e. The maximum absolute atomic E-state index is 12.6. The van der Waals surface area contributed by atoms with Crippen LogP contribution in [-0.4, -0.2) is 73.3 Å². The fourth-order valence-corrected chi connectivity index (χ4v) is 3.74. The molecule has 8 heteroatoms. The van der Waals surface area contributed by atoms with Gasteiger partial charge in [0.1, 0.15) is 5.82 Å². The van der Waals surface area contributed by atoms with Crippen LogP contribution in [0.4, 0.5) is 11.8 Å². The van der Waals surface area contributed by atoms with E-state index in [4.69, 9.17) is 21.3 Å². The van der Waals surface area contributed by atoms with Crippen molar-refractivity contribution in [3.8, 4) is 0 Å². The Morgan fingerprint density at radius 1 is 1.00 bits per heavy atom. The molecule has 0 spiro atoms. The molecule has 1 aromatic heterocycles. The first-order chi connectivity index (χ1) is 13.7. The fourth-order valence-electron chi connectivity index (χ4n) is 3.53. The molecule has 2 fully saturated rings. The average molecular weight is 402 g/mol. The van der Waals surface area contributed by atoms with Gasteiger partial charge in [-0.15, -0.1) is 0 Å². The first kappa shape index (κ1) is 19.0. The summed E-state index contributed by atoms with van der Waals surface area (Å²) in [7, 11) is 0. The van der Waals surface area contributed by atoms with E-state index < -0.39 is 0 Å². The summed E-state index contributed by atoms with van der Waals surface area (Å²) in [4.78, 5) is 28.0. The molecule has 2 aliphatic heterocycles. The van der Waals surface area contributed by atoms with Crippen LogP contribution in [-0.2, 0) is 16.0 Å². The third kappa shape index (κ3) is 4.36. The highest BCUT2D eigenvalue weighted by atomic mass is 35.5. The Balaban J connectivity index is 1.35. The number of nitrogens with zero attached hydrogens (tertiary/aromatic N) is 5. The quantitative estimate of drug-likeness (QED) is 0.779. The number of carbonyl (C=O) groups is 1. The van der Waals surface area contributed by atoms with Crippen molar-refractivity contribution in [2.24, 2.45) is 0 Å². The summed E-state index contributed by atoms with van der Waals surface area (Å²) >= 11 is 6.18. The van der Waals surface area contributed by atoms with Crippen LogP contribution < -0.4 is 9.80 Å². The highest BCUT2D eigenvalue weighted by Gasteiger charge is 2.23. The lowest BCUT2D eigenvalue weighted by Crippen LogP contribution is -2.49. The predicted molar refractivity (Wildman–Crippen MR) is 109 cm³/mol. The van der Waals surface area contributed by atoms with Crippen LogP contribution in [0.1, 0.15) is 5.56 Å². The van der Waals surface area contributed by atoms with E-state index in [1.165, 1.54) is 0 Å². The molecular formula is C20H24ClN5O2. The van der Waals surface area contributed by atoms with Crippen molar-refractivity contribution in [2.45, 2.75) is 6.42 Å². The zero-order valence-corrected chi connectivity index (χ0v) is 16.5. The van der Waals surface area contributed by atoms with Crippen LogP contribution in [0.25, 0.3) is 0 Å². The number of carbonyl (C=O) groups excluding carboxylic acids is 1. The largest absolute Gasteiger partial charge is 0.378 e. The summed E-state index contributed by atoms with van der Waals surface area (Å²) in [6.45, 7) is 5.92. The number of aromatic nitrogens is 2. The number of piperazine rings is 1. The van der Waals surface area contributed by atoms with Gasteiger partial charge in [-0.3, -0.25) is 4.79 Å². The van der Waals surface area contributed by atoms with Gasteiger partial charge in [0.15, 0.2) is 0 Å². The molecule has 28 heavy (non-hydrogen) atoms. The van der Waals surface area contributed by atoms with Crippen molar-refractivity contribution in [3.05, 3.63) is 47.1 Å². The first-order valence-electron chi connectivity index (χ1n) is 9.62. The molecule has 3 heterocycles. The minimum atomic E-state index is 0.115. The van der Waals surface area contributed by atoms with Gasteiger partial charge in [-0.1, -0.05) is 29.8 Å². The van der Waals surface area contributed by atoms with Gasteiger partial charge in [0.25, 0.3) is 0 Å². The van der Waals surface area contributed by atoms with Crippen LogP contribution in [0.3, 0.4) is 0 Å². The van der Waals surface area contributed by atoms with Crippen molar-refractivity contribution in [3.63, 3.8) is 0 Å². The summed E-state index contributed by atoms with van der Waals surface area (Å²) in [6.07, 6.45) is 2.15. The summed E-state index contributed by atoms with van der Waals surface area (Å²) < 4.78 is 5.40. The van der Waals surface area contributed by atoms with Crippen molar-refractivity contribution < 1.29 is 9.53 Å². The molecule has 2 saturated heterocycles. The normalized spacial score (nSPS) is 17.7. The Morgan fingerprint density at radius 3 is 2.50 bits per heavy atom. The van der Waals surface area contributed by atoms with Gasteiger partial charge in [-0.2, -0.15) is 4.98 Å². The number of rotatable bonds is 4. The van der Waals surface area contributed by atoms with Gasteiger partial charge in [-0.25, -0.2) is 4.98 Å². The number of halogens is 1. The van der Waals surface area contributed by atoms with E-state index in [2.05, 4.69) is 14.8 Å². The van der Waals surface area contributed by atoms with E-state index in [0.29, 0.717) is 37.7 Å². The molecule has 7 nitrogen and oxygen atoms in total. The lowest BCUT2D eigenvalue weighted by Gasteiger charge is -2.36. The smallest absolute Gasteiger partial charge is 0.227 e. The lowest BCUT2D eigenvalue weighted by atomic mass is 10.1. The van der Waals surface area contributed by atoms with Crippen LogP contribution in [0, 0.1) is 0 Å². The minimum absolute atomic E-state index is 0.115. The maximum atomic E-state index is 12.6. The molecular weight excluding hydrogens is 378 g/mol. The zero-order chi connectivity index (χ0) is 19.3. The fraction of sp³-hybridized carbons (Fsp3) is 0.450. The lowest BCUT2D eigenvalue weighted by molar-refractivity contribution is -0.130. The molecule has 0 saturated carbocycles. The molecule has 0 bridgehead atoms. The Bertz CT molecular complexity index is 820. The van der Waals surface area contributed by atoms with Gasteiger partial charge in [0.05, 0.1) is 19.6 Å². The molecule has 4 rings (SSSR count).